The molecule has 22 heavy (non-hydrogen) atoms. The SMILES string of the molecule is O=S(=O)(c1cccs1)N1CCOC(c2cc(Cl)cc(Cl)c2)C1. The average molecular weight is 378 g/mol. The van der Waals surface area contributed by atoms with Crippen LogP contribution in [0.3, 0.4) is 0 Å². The summed E-state index contributed by atoms with van der Waals surface area (Å²) < 4.78 is 32.7. The van der Waals surface area contributed by atoms with Crippen LogP contribution < -0.4 is 0 Å². The van der Waals surface area contributed by atoms with Crippen LogP contribution in [0.5, 0.6) is 0 Å². The number of hydrogen-bond acceptors (Lipinski definition) is 4. The van der Waals surface area contributed by atoms with Crippen molar-refractivity contribution in [3.63, 3.8) is 0 Å². The predicted octanol–water partition coefficient (Wildman–Crippen LogP) is 3.82. The molecule has 1 aliphatic heterocycles. The number of halogens is 2. The fourth-order valence-electron chi connectivity index (χ4n) is 2.34. The third kappa shape index (κ3) is 3.32. The largest absolute Gasteiger partial charge is 0.371 e. The molecule has 0 saturated carbocycles. The van der Waals surface area contributed by atoms with Gasteiger partial charge >= 0.3 is 0 Å². The van der Waals surface area contributed by atoms with E-state index in [-0.39, 0.29) is 12.6 Å². The van der Waals surface area contributed by atoms with Gasteiger partial charge in [0.25, 0.3) is 10.0 Å². The van der Waals surface area contributed by atoms with Gasteiger partial charge in [-0.3, -0.25) is 0 Å². The molecule has 0 radical (unpaired) electrons. The molecule has 3 rings (SSSR count). The molecule has 1 fully saturated rings. The Balaban J connectivity index is 1.86. The van der Waals surface area contributed by atoms with Gasteiger partial charge in [-0.15, -0.1) is 11.3 Å². The van der Waals surface area contributed by atoms with Crippen molar-refractivity contribution in [2.45, 2.75) is 10.3 Å². The number of rotatable bonds is 3. The maximum atomic E-state index is 12.6. The molecule has 1 aliphatic rings. The van der Waals surface area contributed by atoms with Crippen LogP contribution in [0.15, 0.2) is 39.9 Å². The molecule has 118 valence electrons. The summed E-state index contributed by atoms with van der Waals surface area (Å²) in [4.78, 5) is 0. The van der Waals surface area contributed by atoms with Crippen molar-refractivity contribution >= 4 is 44.6 Å². The van der Waals surface area contributed by atoms with E-state index in [1.54, 1.807) is 35.7 Å². The number of ether oxygens (including phenoxy) is 1. The minimum atomic E-state index is -3.47. The van der Waals surface area contributed by atoms with Crippen LogP contribution in [0.25, 0.3) is 0 Å². The van der Waals surface area contributed by atoms with Crippen molar-refractivity contribution in [2.24, 2.45) is 0 Å². The van der Waals surface area contributed by atoms with Crippen LogP contribution >= 0.6 is 34.5 Å². The van der Waals surface area contributed by atoms with E-state index in [9.17, 15) is 8.42 Å². The zero-order valence-corrected chi connectivity index (χ0v) is 14.6. The number of nitrogens with zero attached hydrogens (tertiary/aromatic N) is 1. The summed E-state index contributed by atoms with van der Waals surface area (Å²) in [6.07, 6.45) is -0.375. The molecule has 2 aromatic rings. The van der Waals surface area contributed by atoms with E-state index in [0.29, 0.717) is 27.4 Å². The van der Waals surface area contributed by atoms with Crippen molar-refractivity contribution in [3.05, 3.63) is 51.3 Å². The van der Waals surface area contributed by atoms with E-state index in [0.717, 1.165) is 5.56 Å². The van der Waals surface area contributed by atoms with Crippen LogP contribution in [-0.2, 0) is 14.8 Å². The van der Waals surface area contributed by atoms with Gasteiger partial charge in [-0.05, 0) is 35.2 Å². The molecule has 1 aromatic carbocycles. The number of morpholine rings is 1. The van der Waals surface area contributed by atoms with E-state index >= 15 is 0 Å². The molecular weight excluding hydrogens is 365 g/mol. The van der Waals surface area contributed by atoms with Crippen LogP contribution in [0.4, 0.5) is 0 Å². The van der Waals surface area contributed by atoms with Crippen LogP contribution in [0, 0.1) is 0 Å². The summed E-state index contributed by atoms with van der Waals surface area (Å²) in [6.45, 7) is 0.918. The minimum Gasteiger partial charge on any atom is -0.371 e. The van der Waals surface area contributed by atoms with Gasteiger partial charge in [-0.25, -0.2) is 8.42 Å². The second-order valence-electron chi connectivity index (χ2n) is 4.86. The Morgan fingerprint density at radius 2 is 1.95 bits per heavy atom. The topological polar surface area (TPSA) is 46.6 Å². The molecule has 1 unspecified atom stereocenters. The Bertz CT molecular complexity index is 742. The zero-order chi connectivity index (χ0) is 15.7. The Kier molecular flexibility index (Phi) is 4.77. The Morgan fingerprint density at radius 3 is 2.59 bits per heavy atom. The highest BCUT2D eigenvalue weighted by atomic mass is 35.5. The Morgan fingerprint density at radius 1 is 1.23 bits per heavy atom. The first-order valence-electron chi connectivity index (χ1n) is 6.58. The fraction of sp³-hybridized carbons (Fsp3) is 0.286. The van der Waals surface area contributed by atoms with Crippen LogP contribution in [-0.4, -0.2) is 32.4 Å². The van der Waals surface area contributed by atoms with Gasteiger partial charge < -0.3 is 4.74 Å². The number of hydrogen-bond donors (Lipinski definition) is 0. The molecule has 8 heteroatoms. The minimum absolute atomic E-state index is 0.247. The first-order chi connectivity index (χ1) is 10.5. The standard InChI is InChI=1S/C14H13Cl2NO3S2/c15-11-6-10(7-12(16)8-11)13-9-17(3-4-20-13)22(18,19)14-2-1-5-21-14/h1-2,5-8,13H,3-4,9H2. The number of benzene rings is 1. The fourth-order valence-corrected chi connectivity index (χ4v) is 5.46. The zero-order valence-electron chi connectivity index (χ0n) is 11.4. The highest BCUT2D eigenvalue weighted by molar-refractivity contribution is 7.91. The lowest BCUT2D eigenvalue weighted by molar-refractivity contribution is -0.00249. The van der Waals surface area contributed by atoms with Crippen molar-refractivity contribution < 1.29 is 13.2 Å². The first kappa shape index (κ1) is 16.2. The lowest BCUT2D eigenvalue weighted by Crippen LogP contribution is -2.41. The van der Waals surface area contributed by atoms with E-state index in [2.05, 4.69) is 0 Å². The maximum absolute atomic E-state index is 12.6. The van der Waals surface area contributed by atoms with E-state index in [4.69, 9.17) is 27.9 Å². The first-order valence-corrected chi connectivity index (χ1v) is 9.65. The summed E-state index contributed by atoms with van der Waals surface area (Å²) in [7, 11) is -3.47. The molecule has 1 aromatic heterocycles. The van der Waals surface area contributed by atoms with Gasteiger partial charge in [-0.1, -0.05) is 29.3 Å². The van der Waals surface area contributed by atoms with Gasteiger partial charge in [-0.2, -0.15) is 4.31 Å². The summed E-state index contributed by atoms with van der Waals surface area (Å²) >= 11 is 13.2. The lowest BCUT2D eigenvalue weighted by Gasteiger charge is -2.32. The molecule has 1 atom stereocenters. The molecular formula is C14H13Cl2NO3S2. The predicted molar refractivity (Wildman–Crippen MR) is 88.2 cm³/mol. The Hall–Kier alpha value is -0.630. The van der Waals surface area contributed by atoms with Crippen LogP contribution in [0.1, 0.15) is 11.7 Å². The van der Waals surface area contributed by atoms with Crippen molar-refractivity contribution in [3.8, 4) is 0 Å². The molecule has 0 amide bonds. The maximum Gasteiger partial charge on any atom is 0.252 e. The van der Waals surface area contributed by atoms with E-state index < -0.39 is 10.0 Å². The normalized spacial score (nSPS) is 20.2. The molecule has 1 saturated heterocycles. The monoisotopic (exact) mass is 377 g/mol. The van der Waals surface area contributed by atoms with Crippen molar-refractivity contribution in [1.29, 1.82) is 0 Å². The van der Waals surface area contributed by atoms with Crippen molar-refractivity contribution in [2.75, 3.05) is 19.7 Å². The third-order valence-corrected chi connectivity index (χ3v) is 7.05. The Labute approximate surface area is 143 Å². The molecule has 0 aliphatic carbocycles. The van der Waals surface area contributed by atoms with Crippen LogP contribution in [0.2, 0.25) is 10.0 Å². The second kappa shape index (κ2) is 6.47. The average Bonchev–Trinajstić information content (AvgIpc) is 3.01. The summed E-state index contributed by atoms with van der Waals surface area (Å²) in [6, 6.07) is 8.47. The van der Waals surface area contributed by atoms with Gasteiger partial charge in [0.05, 0.1) is 12.7 Å². The molecule has 4 nitrogen and oxygen atoms in total. The molecule has 0 spiro atoms. The summed E-state index contributed by atoms with van der Waals surface area (Å²) in [5, 5.41) is 2.76. The second-order valence-corrected chi connectivity index (χ2v) is 8.84. The van der Waals surface area contributed by atoms with E-state index in [1.165, 1.54) is 15.6 Å². The highest BCUT2D eigenvalue weighted by Crippen LogP contribution is 2.31. The molecule has 0 bridgehead atoms. The van der Waals surface area contributed by atoms with Crippen molar-refractivity contribution in [1.82, 2.24) is 4.31 Å². The smallest absolute Gasteiger partial charge is 0.252 e. The van der Waals surface area contributed by atoms with Gasteiger partial charge in [0.15, 0.2) is 0 Å². The van der Waals surface area contributed by atoms with E-state index in [1.807, 2.05) is 0 Å². The van der Waals surface area contributed by atoms with Gasteiger partial charge in [0.2, 0.25) is 0 Å². The number of sulfonamides is 1. The molecule has 2 heterocycles. The lowest BCUT2D eigenvalue weighted by atomic mass is 10.1. The number of thiophene rings is 1. The highest BCUT2D eigenvalue weighted by Gasteiger charge is 2.32. The van der Waals surface area contributed by atoms with Gasteiger partial charge in [0, 0.05) is 23.1 Å². The summed E-state index contributed by atoms with van der Waals surface area (Å²) in [5.74, 6) is 0. The molecule has 0 N–H and O–H groups in total. The van der Waals surface area contributed by atoms with Gasteiger partial charge in [0.1, 0.15) is 4.21 Å². The quantitative estimate of drug-likeness (QED) is 0.816. The summed E-state index contributed by atoms with van der Waals surface area (Å²) in [5.41, 5.74) is 0.781. The third-order valence-electron chi connectivity index (χ3n) is 3.38.